The highest BCUT2D eigenvalue weighted by molar-refractivity contribution is 7.22. The lowest BCUT2D eigenvalue weighted by atomic mass is 9.94. The molecule has 9 heteroatoms. The Kier molecular flexibility index (Phi) is 6.61. The number of nitrogens with zero attached hydrogens (tertiary/aromatic N) is 3. The van der Waals surface area contributed by atoms with Crippen molar-refractivity contribution in [1.29, 1.82) is 0 Å². The summed E-state index contributed by atoms with van der Waals surface area (Å²) in [6, 6.07) is 5.71. The van der Waals surface area contributed by atoms with Crippen LogP contribution < -0.4 is 10.1 Å². The van der Waals surface area contributed by atoms with Gasteiger partial charge in [-0.2, -0.15) is 0 Å². The molecule has 8 nitrogen and oxygen atoms in total. The summed E-state index contributed by atoms with van der Waals surface area (Å²) in [6.07, 6.45) is 1.50. The lowest BCUT2D eigenvalue weighted by Crippen LogP contribution is -2.46. The molecule has 0 spiro atoms. The number of rotatable bonds is 5. The SMILES string of the molecule is CCOc1ccc2nc(NC(=O)C3CCN(C(=O)C4CC(=O)N(C(C)(C)C)C4)CC3)sc2c1. The molecule has 0 bridgehead atoms. The van der Waals surface area contributed by atoms with Crippen LogP contribution in [0.2, 0.25) is 0 Å². The van der Waals surface area contributed by atoms with Crippen molar-refractivity contribution in [3.05, 3.63) is 18.2 Å². The average molecular weight is 473 g/mol. The van der Waals surface area contributed by atoms with Crippen LogP contribution in [0.1, 0.15) is 47.0 Å². The van der Waals surface area contributed by atoms with Crippen molar-refractivity contribution in [2.75, 3.05) is 31.6 Å². The molecule has 2 fully saturated rings. The van der Waals surface area contributed by atoms with E-state index in [1.807, 2.05) is 50.8 Å². The Hall–Kier alpha value is -2.68. The Morgan fingerprint density at radius 2 is 1.94 bits per heavy atom. The molecule has 1 aromatic heterocycles. The zero-order valence-corrected chi connectivity index (χ0v) is 20.5. The fraction of sp³-hybridized carbons (Fsp3) is 0.583. The van der Waals surface area contributed by atoms with E-state index in [4.69, 9.17) is 4.74 Å². The highest BCUT2D eigenvalue weighted by Crippen LogP contribution is 2.31. The molecule has 4 rings (SSSR count). The molecule has 1 atom stereocenters. The number of thiazole rings is 1. The molecule has 2 aromatic rings. The monoisotopic (exact) mass is 472 g/mol. The summed E-state index contributed by atoms with van der Waals surface area (Å²) in [5.74, 6) is 0.367. The Labute approximate surface area is 198 Å². The highest BCUT2D eigenvalue weighted by Gasteiger charge is 2.41. The normalized spacial score (nSPS) is 19.9. The van der Waals surface area contributed by atoms with Crippen molar-refractivity contribution in [2.24, 2.45) is 11.8 Å². The molecule has 0 saturated carbocycles. The third-order valence-electron chi connectivity index (χ3n) is 6.36. The van der Waals surface area contributed by atoms with Gasteiger partial charge in [-0.05, 0) is 58.7 Å². The van der Waals surface area contributed by atoms with Gasteiger partial charge in [0.05, 0.1) is 22.7 Å². The molecule has 1 unspecified atom stereocenters. The summed E-state index contributed by atoms with van der Waals surface area (Å²) in [4.78, 5) is 46.3. The number of nitrogens with one attached hydrogen (secondary N) is 1. The molecule has 2 aliphatic heterocycles. The first-order chi connectivity index (χ1) is 15.7. The smallest absolute Gasteiger partial charge is 0.229 e. The van der Waals surface area contributed by atoms with Gasteiger partial charge in [0, 0.05) is 37.5 Å². The van der Waals surface area contributed by atoms with Gasteiger partial charge in [-0.3, -0.25) is 14.4 Å². The van der Waals surface area contributed by atoms with E-state index in [2.05, 4.69) is 10.3 Å². The molecular weight excluding hydrogens is 440 g/mol. The molecule has 2 saturated heterocycles. The van der Waals surface area contributed by atoms with Crippen molar-refractivity contribution in [2.45, 2.75) is 52.5 Å². The lowest BCUT2D eigenvalue weighted by molar-refractivity contribution is -0.138. The number of ether oxygens (including phenoxy) is 1. The van der Waals surface area contributed by atoms with Gasteiger partial charge in [-0.25, -0.2) is 4.98 Å². The molecule has 1 aromatic carbocycles. The van der Waals surface area contributed by atoms with Gasteiger partial charge in [-0.15, -0.1) is 0 Å². The van der Waals surface area contributed by atoms with E-state index < -0.39 is 0 Å². The maximum atomic E-state index is 13.0. The summed E-state index contributed by atoms with van der Waals surface area (Å²) in [5, 5.41) is 3.53. The first-order valence-electron chi connectivity index (χ1n) is 11.6. The molecule has 33 heavy (non-hydrogen) atoms. The largest absolute Gasteiger partial charge is 0.494 e. The Morgan fingerprint density at radius 3 is 2.58 bits per heavy atom. The number of benzene rings is 1. The van der Waals surface area contributed by atoms with E-state index in [-0.39, 0.29) is 41.5 Å². The van der Waals surface area contributed by atoms with Crippen LogP contribution in [0.3, 0.4) is 0 Å². The van der Waals surface area contributed by atoms with Gasteiger partial charge in [-0.1, -0.05) is 11.3 Å². The molecule has 2 aliphatic rings. The van der Waals surface area contributed by atoms with Crippen LogP contribution in [-0.4, -0.2) is 64.3 Å². The second kappa shape index (κ2) is 9.29. The maximum absolute atomic E-state index is 13.0. The molecule has 3 heterocycles. The van der Waals surface area contributed by atoms with E-state index in [0.717, 1.165) is 16.0 Å². The van der Waals surface area contributed by atoms with E-state index >= 15 is 0 Å². The van der Waals surface area contributed by atoms with Crippen LogP contribution in [0.15, 0.2) is 18.2 Å². The summed E-state index contributed by atoms with van der Waals surface area (Å²) < 4.78 is 6.50. The standard InChI is InChI=1S/C24H32N4O4S/c1-5-32-17-6-7-18-19(13-17)33-23(25-18)26-21(30)15-8-10-27(11-9-15)22(31)16-12-20(29)28(14-16)24(2,3)4/h6-7,13,15-16H,5,8-12,14H2,1-4H3,(H,25,26,30). The highest BCUT2D eigenvalue weighted by atomic mass is 32.1. The average Bonchev–Trinajstić information content (AvgIpc) is 3.36. The molecule has 0 radical (unpaired) electrons. The van der Waals surface area contributed by atoms with Gasteiger partial charge in [0.25, 0.3) is 0 Å². The van der Waals surface area contributed by atoms with Crippen molar-refractivity contribution in [3.63, 3.8) is 0 Å². The molecule has 3 amide bonds. The number of anilines is 1. The minimum Gasteiger partial charge on any atom is -0.494 e. The van der Waals surface area contributed by atoms with Crippen LogP contribution in [0.25, 0.3) is 10.2 Å². The number of likely N-dealkylation sites (tertiary alicyclic amines) is 2. The van der Waals surface area contributed by atoms with Crippen molar-refractivity contribution >= 4 is 44.4 Å². The Morgan fingerprint density at radius 1 is 1.21 bits per heavy atom. The number of amides is 3. The number of fused-ring (bicyclic) bond motifs is 1. The topological polar surface area (TPSA) is 91.8 Å². The number of piperidine rings is 1. The minimum atomic E-state index is -0.286. The van der Waals surface area contributed by atoms with E-state index in [1.165, 1.54) is 11.3 Å². The third kappa shape index (κ3) is 5.13. The first kappa shape index (κ1) is 23.5. The van der Waals surface area contributed by atoms with Crippen LogP contribution in [-0.2, 0) is 14.4 Å². The summed E-state index contributed by atoms with van der Waals surface area (Å²) >= 11 is 1.43. The molecule has 0 aliphatic carbocycles. The zero-order valence-electron chi connectivity index (χ0n) is 19.7. The first-order valence-corrected chi connectivity index (χ1v) is 12.4. The summed E-state index contributed by atoms with van der Waals surface area (Å²) in [5.41, 5.74) is 0.553. The van der Waals surface area contributed by atoms with Crippen LogP contribution >= 0.6 is 11.3 Å². The van der Waals surface area contributed by atoms with Gasteiger partial charge < -0.3 is 19.9 Å². The number of carbonyl (C=O) groups is 3. The van der Waals surface area contributed by atoms with Crippen LogP contribution in [0.4, 0.5) is 5.13 Å². The fourth-order valence-electron chi connectivity index (χ4n) is 4.56. The summed E-state index contributed by atoms with van der Waals surface area (Å²) in [6.45, 7) is 10.1. The van der Waals surface area contributed by atoms with Crippen LogP contribution in [0, 0.1) is 11.8 Å². The second-order valence-corrected chi connectivity index (χ2v) is 10.8. The van der Waals surface area contributed by atoms with Crippen LogP contribution in [0.5, 0.6) is 5.75 Å². The second-order valence-electron chi connectivity index (χ2n) is 9.75. The fourth-order valence-corrected chi connectivity index (χ4v) is 5.46. The number of aromatic nitrogens is 1. The maximum Gasteiger partial charge on any atom is 0.229 e. The lowest BCUT2D eigenvalue weighted by Gasteiger charge is -2.34. The quantitative estimate of drug-likeness (QED) is 0.719. The van der Waals surface area contributed by atoms with Gasteiger partial charge in [0.1, 0.15) is 5.75 Å². The zero-order chi connectivity index (χ0) is 23.8. The van der Waals surface area contributed by atoms with Gasteiger partial charge >= 0.3 is 0 Å². The Balaban J connectivity index is 1.31. The Bertz CT molecular complexity index is 1050. The minimum absolute atomic E-state index is 0.0326. The van der Waals surface area contributed by atoms with Gasteiger partial charge in [0.2, 0.25) is 17.7 Å². The molecule has 1 N–H and O–H groups in total. The predicted octanol–water partition coefficient (Wildman–Crippen LogP) is 3.52. The number of hydrogen-bond donors (Lipinski definition) is 1. The van der Waals surface area contributed by atoms with E-state index in [9.17, 15) is 14.4 Å². The van der Waals surface area contributed by atoms with Crippen molar-refractivity contribution in [3.8, 4) is 5.75 Å². The molecule has 178 valence electrons. The third-order valence-corrected chi connectivity index (χ3v) is 7.30. The van der Waals surface area contributed by atoms with E-state index in [0.29, 0.717) is 44.2 Å². The van der Waals surface area contributed by atoms with Crippen molar-refractivity contribution in [1.82, 2.24) is 14.8 Å². The van der Waals surface area contributed by atoms with E-state index in [1.54, 1.807) is 4.90 Å². The number of hydrogen-bond acceptors (Lipinski definition) is 6. The summed E-state index contributed by atoms with van der Waals surface area (Å²) in [7, 11) is 0. The van der Waals surface area contributed by atoms with Crippen molar-refractivity contribution < 1.29 is 19.1 Å². The number of carbonyl (C=O) groups excluding carboxylic acids is 3. The predicted molar refractivity (Wildman–Crippen MR) is 128 cm³/mol. The van der Waals surface area contributed by atoms with Gasteiger partial charge in [0.15, 0.2) is 5.13 Å². The molecular formula is C24H32N4O4S.